The van der Waals surface area contributed by atoms with Crippen LogP contribution in [-0.4, -0.2) is 17.5 Å². The molecule has 0 aromatic heterocycles. The molecule has 0 aliphatic heterocycles. The van der Waals surface area contributed by atoms with Crippen LogP contribution in [0.3, 0.4) is 0 Å². The zero-order valence-electron chi connectivity index (χ0n) is 8.42. The number of nitrogens with zero attached hydrogens (tertiary/aromatic N) is 2. The molecular formula is C9H5F6N2O+. The largest absolute Gasteiger partial charge is 0.430 e. The van der Waals surface area contributed by atoms with Gasteiger partial charge in [-0.1, -0.05) is 0 Å². The third-order valence-electron chi connectivity index (χ3n) is 2.22. The van der Waals surface area contributed by atoms with Crippen molar-refractivity contribution in [3.63, 3.8) is 0 Å². The Morgan fingerprint density at radius 1 is 0.889 bits per heavy atom. The van der Waals surface area contributed by atoms with E-state index in [9.17, 15) is 26.3 Å². The Labute approximate surface area is 96.3 Å². The highest BCUT2D eigenvalue weighted by molar-refractivity contribution is 5.46. The van der Waals surface area contributed by atoms with E-state index in [1.165, 1.54) is 0 Å². The van der Waals surface area contributed by atoms with Crippen molar-refractivity contribution in [3.05, 3.63) is 34.8 Å². The molecule has 1 N–H and O–H groups in total. The highest BCUT2D eigenvalue weighted by atomic mass is 19.4. The predicted octanol–water partition coefficient (Wildman–Crippen LogP) is 3.48. The fourth-order valence-corrected chi connectivity index (χ4v) is 1.26. The maximum absolute atomic E-state index is 12.4. The standard InChI is InChI=1S/C9H5F6N2O/c10-8(11,12)7(18,9(13,14)15)5-1-3-6(17-16)4-2-5/h1-4,18H/q+1. The molecule has 0 heterocycles. The molecule has 98 valence electrons. The monoisotopic (exact) mass is 271 g/mol. The quantitative estimate of drug-likeness (QED) is 0.628. The summed E-state index contributed by atoms with van der Waals surface area (Å²) in [6.45, 7) is 0. The average molecular weight is 271 g/mol. The van der Waals surface area contributed by atoms with Gasteiger partial charge < -0.3 is 5.11 Å². The van der Waals surface area contributed by atoms with Gasteiger partial charge in [0, 0.05) is 17.7 Å². The molecule has 0 aliphatic carbocycles. The van der Waals surface area contributed by atoms with Crippen molar-refractivity contribution < 1.29 is 31.4 Å². The highest BCUT2D eigenvalue weighted by Crippen LogP contribution is 2.50. The van der Waals surface area contributed by atoms with Crippen LogP contribution in [0, 0.1) is 5.39 Å². The summed E-state index contributed by atoms with van der Waals surface area (Å²) < 4.78 is 74.6. The van der Waals surface area contributed by atoms with Gasteiger partial charge in [0.1, 0.15) is 0 Å². The number of hydrogen-bond acceptors (Lipinski definition) is 2. The van der Waals surface area contributed by atoms with Gasteiger partial charge in [-0.2, -0.15) is 26.3 Å². The smallest absolute Gasteiger partial charge is 0.369 e. The lowest BCUT2D eigenvalue weighted by atomic mass is 9.92. The molecule has 18 heavy (non-hydrogen) atoms. The van der Waals surface area contributed by atoms with Gasteiger partial charge in [-0.25, -0.2) is 0 Å². The summed E-state index contributed by atoms with van der Waals surface area (Å²) in [5.41, 5.74) is -6.62. The van der Waals surface area contributed by atoms with Gasteiger partial charge in [0.2, 0.25) is 5.39 Å². The summed E-state index contributed by atoms with van der Waals surface area (Å²) in [5, 5.41) is 17.2. The van der Waals surface area contributed by atoms with E-state index in [0.717, 1.165) is 0 Å². The van der Waals surface area contributed by atoms with Gasteiger partial charge in [0.15, 0.2) is 4.98 Å². The molecule has 3 nitrogen and oxygen atoms in total. The Balaban J connectivity index is 3.42. The van der Waals surface area contributed by atoms with Gasteiger partial charge in [-0.15, -0.1) is 0 Å². The summed E-state index contributed by atoms with van der Waals surface area (Å²) in [6.07, 6.45) is -11.9. The first kappa shape index (κ1) is 14.2. The van der Waals surface area contributed by atoms with Gasteiger partial charge in [-0.05, 0) is 12.1 Å². The second kappa shape index (κ2) is 4.13. The lowest BCUT2D eigenvalue weighted by Crippen LogP contribution is -2.53. The second-order valence-corrected chi connectivity index (χ2v) is 3.35. The number of aliphatic hydroxyl groups is 1. The van der Waals surface area contributed by atoms with Crippen LogP contribution in [0.2, 0.25) is 0 Å². The average Bonchev–Trinajstić information content (AvgIpc) is 2.25. The number of alkyl halides is 6. The lowest BCUT2D eigenvalue weighted by molar-refractivity contribution is -0.376. The highest BCUT2D eigenvalue weighted by Gasteiger charge is 2.71. The van der Waals surface area contributed by atoms with E-state index >= 15 is 0 Å². The number of hydrogen-bond donors (Lipinski definition) is 1. The van der Waals surface area contributed by atoms with Crippen molar-refractivity contribution in [2.24, 2.45) is 0 Å². The van der Waals surface area contributed by atoms with Crippen LogP contribution in [0.5, 0.6) is 0 Å². The van der Waals surface area contributed by atoms with Crippen molar-refractivity contribution in [1.29, 1.82) is 5.39 Å². The molecular weight excluding hydrogens is 266 g/mol. The van der Waals surface area contributed by atoms with Gasteiger partial charge in [0.25, 0.3) is 5.60 Å². The van der Waals surface area contributed by atoms with Crippen LogP contribution in [-0.2, 0) is 5.60 Å². The summed E-state index contributed by atoms with van der Waals surface area (Å²) in [7, 11) is 0. The Morgan fingerprint density at radius 3 is 1.56 bits per heavy atom. The van der Waals surface area contributed by atoms with Crippen LogP contribution < -0.4 is 0 Å². The number of diazo groups is 1. The number of rotatable bonds is 1. The molecule has 9 heteroatoms. The maximum atomic E-state index is 12.4. The number of halogens is 6. The summed E-state index contributed by atoms with van der Waals surface area (Å²) in [5.74, 6) is 0. The first-order chi connectivity index (χ1) is 8.04. The van der Waals surface area contributed by atoms with Crippen molar-refractivity contribution in [3.8, 4) is 0 Å². The zero-order chi connectivity index (χ0) is 14.2. The van der Waals surface area contributed by atoms with Gasteiger partial charge in [-0.3, -0.25) is 0 Å². The molecule has 0 fully saturated rings. The van der Waals surface area contributed by atoms with Crippen LogP contribution in [0.15, 0.2) is 24.3 Å². The fourth-order valence-electron chi connectivity index (χ4n) is 1.26. The third-order valence-corrected chi connectivity index (χ3v) is 2.22. The molecule has 1 aromatic rings. The molecule has 0 aliphatic rings. The van der Waals surface area contributed by atoms with Crippen LogP contribution >= 0.6 is 0 Å². The van der Waals surface area contributed by atoms with Crippen molar-refractivity contribution in [2.75, 3.05) is 0 Å². The molecule has 0 spiro atoms. The Bertz CT molecular complexity index is 456. The normalized spacial score (nSPS) is 13.2. The molecule has 1 aromatic carbocycles. The van der Waals surface area contributed by atoms with Crippen LogP contribution in [0.25, 0.3) is 4.98 Å². The minimum Gasteiger partial charge on any atom is -0.369 e. The second-order valence-electron chi connectivity index (χ2n) is 3.35. The fraction of sp³-hybridized carbons (Fsp3) is 0.333. The summed E-state index contributed by atoms with van der Waals surface area (Å²) >= 11 is 0. The maximum Gasteiger partial charge on any atom is 0.430 e. The minimum absolute atomic E-state index is 0.245. The first-order valence-electron chi connectivity index (χ1n) is 4.35. The molecule has 1 rings (SSSR count). The van der Waals surface area contributed by atoms with E-state index < -0.39 is 23.5 Å². The van der Waals surface area contributed by atoms with E-state index in [1.54, 1.807) is 0 Å². The molecule has 0 radical (unpaired) electrons. The van der Waals surface area contributed by atoms with E-state index in [0.29, 0.717) is 24.3 Å². The van der Waals surface area contributed by atoms with Gasteiger partial charge in [0.05, 0.1) is 0 Å². The lowest BCUT2D eigenvalue weighted by Gasteiger charge is -2.32. The molecule has 0 unspecified atom stereocenters. The van der Waals surface area contributed by atoms with E-state index in [2.05, 4.69) is 4.98 Å². The summed E-state index contributed by atoms with van der Waals surface area (Å²) in [6, 6.07) is 2.18. The zero-order valence-corrected chi connectivity index (χ0v) is 8.42. The molecule has 0 saturated heterocycles. The van der Waals surface area contributed by atoms with E-state index in [4.69, 9.17) is 10.5 Å². The Morgan fingerprint density at radius 2 is 1.28 bits per heavy atom. The molecule has 0 atom stereocenters. The van der Waals surface area contributed by atoms with Crippen molar-refractivity contribution in [1.82, 2.24) is 0 Å². The number of benzene rings is 1. The molecule has 0 bridgehead atoms. The van der Waals surface area contributed by atoms with Gasteiger partial charge >= 0.3 is 18.0 Å². The molecule has 0 saturated carbocycles. The van der Waals surface area contributed by atoms with Crippen LogP contribution in [0.1, 0.15) is 5.56 Å². The van der Waals surface area contributed by atoms with Crippen molar-refractivity contribution in [2.45, 2.75) is 18.0 Å². The SMILES string of the molecule is N#[N+]c1ccc(C(O)(C(F)(F)F)C(F)(F)F)cc1. The molecule has 0 amide bonds. The Hall–Kier alpha value is -1.82. The summed E-state index contributed by atoms with van der Waals surface area (Å²) in [4.78, 5) is 2.57. The van der Waals surface area contributed by atoms with E-state index in [1.807, 2.05) is 0 Å². The first-order valence-corrected chi connectivity index (χ1v) is 4.35. The predicted molar refractivity (Wildman–Crippen MR) is 47.2 cm³/mol. The van der Waals surface area contributed by atoms with Crippen LogP contribution in [0.4, 0.5) is 32.0 Å². The topological polar surface area (TPSA) is 48.4 Å². The Kier molecular flexibility index (Phi) is 3.27. The van der Waals surface area contributed by atoms with E-state index in [-0.39, 0.29) is 5.69 Å². The van der Waals surface area contributed by atoms with Crippen molar-refractivity contribution >= 4 is 5.69 Å². The third kappa shape index (κ3) is 2.11. The minimum atomic E-state index is -5.93.